The first-order valence-electron chi connectivity index (χ1n) is 8.43. The predicted molar refractivity (Wildman–Crippen MR) is 91.3 cm³/mol. The molecule has 23 heavy (non-hydrogen) atoms. The van der Waals surface area contributed by atoms with Crippen LogP contribution in [0.15, 0.2) is 24.3 Å². The lowest BCUT2D eigenvalue weighted by atomic mass is 9.74. The Bertz CT molecular complexity index is 576. The van der Waals surface area contributed by atoms with E-state index in [1.165, 1.54) is 0 Å². The first-order chi connectivity index (χ1) is 11.0. The highest BCUT2D eigenvalue weighted by Crippen LogP contribution is 2.35. The summed E-state index contributed by atoms with van der Waals surface area (Å²) in [5.41, 5.74) is 6.95. The highest BCUT2D eigenvalue weighted by molar-refractivity contribution is 6.31. The molecule has 3 rings (SSSR count). The first kappa shape index (κ1) is 16.7. The van der Waals surface area contributed by atoms with Gasteiger partial charge in [-0.05, 0) is 25.8 Å². The fraction of sp³-hybridized carbons (Fsp3) is 0.611. The van der Waals surface area contributed by atoms with Crippen LogP contribution in [0.25, 0.3) is 0 Å². The molecular formula is C18H25ClN2O2. The third kappa shape index (κ3) is 3.54. The molecule has 2 fully saturated rings. The third-order valence-corrected chi connectivity index (χ3v) is 5.53. The summed E-state index contributed by atoms with van der Waals surface area (Å²) in [5.74, 6) is 0.0938. The van der Waals surface area contributed by atoms with Gasteiger partial charge in [0.1, 0.15) is 6.10 Å². The SMILES string of the molecule is CC1(N)CCCCC1C(=O)N1CCOC(c2ccccc2Cl)C1. The summed E-state index contributed by atoms with van der Waals surface area (Å²) < 4.78 is 5.85. The Hall–Kier alpha value is -1.10. The number of amides is 1. The maximum absolute atomic E-state index is 13.0. The van der Waals surface area contributed by atoms with Gasteiger partial charge in [0.05, 0.1) is 19.1 Å². The highest BCUT2D eigenvalue weighted by atomic mass is 35.5. The van der Waals surface area contributed by atoms with Gasteiger partial charge < -0.3 is 15.4 Å². The van der Waals surface area contributed by atoms with Crippen LogP contribution < -0.4 is 5.73 Å². The number of hydrogen-bond acceptors (Lipinski definition) is 3. The lowest BCUT2D eigenvalue weighted by molar-refractivity contribution is -0.146. The van der Waals surface area contributed by atoms with E-state index in [4.69, 9.17) is 22.1 Å². The second kappa shape index (κ2) is 6.80. The minimum absolute atomic E-state index is 0.0822. The topological polar surface area (TPSA) is 55.6 Å². The van der Waals surface area contributed by atoms with Crippen LogP contribution in [0.3, 0.4) is 0 Å². The molecule has 1 saturated heterocycles. The number of rotatable bonds is 2. The number of carbonyl (C=O) groups excluding carboxylic acids is 1. The molecule has 1 aliphatic heterocycles. The van der Waals surface area contributed by atoms with Crippen molar-refractivity contribution in [2.24, 2.45) is 11.7 Å². The van der Waals surface area contributed by atoms with Crippen LogP contribution in [-0.2, 0) is 9.53 Å². The van der Waals surface area contributed by atoms with Crippen molar-refractivity contribution in [1.29, 1.82) is 0 Å². The molecule has 0 radical (unpaired) electrons. The average Bonchev–Trinajstić information content (AvgIpc) is 2.54. The van der Waals surface area contributed by atoms with Crippen molar-refractivity contribution < 1.29 is 9.53 Å². The zero-order chi connectivity index (χ0) is 16.4. The predicted octanol–water partition coefficient (Wildman–Crippen LogP) is 3.15. The Morgan fingerprint density at radius 3 is 2.91 bits per heavy atom. The normalized spacial score (nSPS) is 31.9. The minimum Gasteiger partial charge on any atom is -0.370 e. The van der Waals surface area contributed by atoms with Gasteiger partial charge in [-0.2, -0.15) is 0 Å². The van der Waals surface area contributed by atoms with Crippen molar-refractivity contribution in [3.05, 3.63) is 34.9 Å². The van der Waals surface area contributed by atoms with Crippen LogP contribution in [0.5, 0.6) is 0 Å². The van der Waals surface area contributed by atoms with E-state index in [2.05, 4.69) is 0 Å². The largest absolute Gasteiger partial charge is 0.370 e. The van der Waals surface area contributed by atoms with Gasteiger partial charge in [-0.15, -0.1) is 0 Å². The zero-order valence-electron chi connectivity index (χ0n) is 13.6. The molecular weight excluding hydrogens is 312 g/mol. The molecule has 4 nitrogen and oxygen atoms in total. The molecule has 126 valence electrons. The summed E-state index contributed by atoms with van der Waals surface area (Å²) in [7, 11) is 0. The molecule has 2 N–H and O–H groups in total. The van der Waals surface area contributed by atoms with E-state index < -0.39 is 5.54 Å². The van der Waals surface area contributed by atoms with Gasteiger partial charge in [0.2, 0.25) is 5.91 Å². The number of carbonyl (C=O) groups is 1. The Morgan fingerprint density at radius 2 is 2.17 bits per heavy atom. The highest BCUT2D eigenvalue weighted by Gasteiger charge is 2.41. The van der Waals surface area contributed by atoms with Gasteiger partial charge in [0.15, 0.2) is 0 Å². The second-order valence-electron chi connectivity index (χ2n) is 6.97. The molecule has 2 aliphatic rings. The molecule has 1 aromatic carbocycles. The maximum Gasteiger partial charge on any atom is 0.227 e. The summed E-state index contributed by atoms with van der Waals surface area (Å²) >= 11 is 6.28. The van der Waals surface area contributed by atoms with Crippen LogP contribution in [0.2, 0.25) is 5.02 Å². The van der Waals surface area contributed by atoms with Crippen molar-refractivity contribution >= 4 is 17.5 Å². The minimum atomic E-state index is -0.395. The van der Waals surface area contributed by atoms with E-state index in [9.17, 15) is 4.79 Å². The molecule has 1 aromatic rings. The van der Waals surface area contributed by atoms with Gasteiger partial charge in [-0.3, -0.25) is 4.79 Å². The van der Waals surface area contributed by atoms with Crippen LogP contribution in [-0.4, -0.2) is 36.0 Å². The van der Waals surface area contributed by atoms with E-state index in [0.717, 1.165) is 31.2 Å². The van der Waals surface area contributed by atoms with Crippen LogP contribution >= 0.6 is 11.6 Å². The Morgan fingerprint density at radius 1 is 1.39 bits per heavy atom. The Labute approximate surface area is 142 Å². The van der Waals surface area contributed by atoms with Crippen molar-refractivity contribution in [3.8, 4) is 0 Å². The van der Waals surface area contributed by atoms with Crippen molar-refractivity contribution in [1.82, 2.24) is 4.90 Å². The van der Waals surface area contributed by atoms with Crippen LogP contribution in [0, 0.1) is 5.92 Å². The lowest BCUT2D eigenvalue weighted by Crippen LogP contribution is -2.55. The smallest absolute Gasteiger partial charge is 0.227 e. The molecule has 3 atom stereocenters. The molecule has 3 unspecified atom stereocenters. The first-order valence-corrected chi connectivity index (χ1v) is 8.80. The standard InChI is InChI=1S/C18H25ClN2O2/c1-18(20)9-5-4-7-14(18)17(22)21-10-11-23-16(12-21)13-6-2-3-8-15(13)19/h2-3,6,8,14,16H,4-5,7,9-12,20H2,1H3. The molecule has 0 bridgehead atoms. The van der Waals surface area contributed by atoms with Crippen LogP contribution in [0.1, 0.15) is 44.3 Å². The van der Waals surface area contributed by atoms with Crippen LogP contribution in [0.4, 0.5) is 0 Å². The van der Waals surface area contributed by atoms with Gasteiger partial charge in [0.25, 0.3) is 0 Å². The molecule has 0 spiro atoms. The maximum atomic E-state index is 13.0. The van der Waals surface area contributed by atoms with Crippen molar-refractivity contribution in [2.45, 2.75) is 44.2 Å². The molecule has 1 saturated carbocycles. The summed E-state index contributed by atoms with van der Waals surface area (Å²) in [6, 6.07) is 7.68. The second-order valence-corrected chi connectivity index (χ2v) is 7.38. The number of nitrogens with two attached hydrogens (primary N) is 1. The van der Waals surface area contributed by atoms with E-state index in [-0.39, 0.29) is 17.9 Å². The van der Waals surface area contributed by atoms with Gasteiger partial charge in [-0.1, -0.05) is 42.6 Å². The fourth-order valence-electron chi connectivity index (χ4n) is 3.76. The van der Waals surface area contributed by atoms with Gasteiger partial charge in [0, 0.05) is 22.7 Å². The monoisotopic (exact) mass is 336 g/mol. The Balaban J connectivity index is 1.73. The summed E-state index contributed by atoms with van der Waals surface area (Å²) in [5, 5.41) is 0.688. The molecule has 1 aliphatic carbocycles. The molecule has 1 heterocycles. The molecule has 1 amide bonds. The zero-order valence-corrected chi connectivity index (χ0v) is 14.4. The van der Waals surface area contributed by atoms with Crippen molar-refractivity contribution in [3.63, 3.8) is 0 Å². The fourth-order valence-corrected chi connectivity index (χ4v) is 4.02. The van der Waals surface area contributed by atoms with E-state index in [0.29, 0.717) is 24.7 Å². The number of ether oxygens (including phenoxy) is 1. The van der Waals surface area contributed by atoms with E-state index >= 15 is 0 Å². The number of nitrogens with zero attached hydrogens (tertiary/aromatic N) is 1. The van der Waals surface area contributed by atoms with E-state index in [1.807, 2.05) is 36.1 Å². The van der Waals surface area contributed by atoms with Gasteiger partial charge in [-0.25, -0.2) is 0 Å². The van der Waals surface area contributed by atoms with E-state index in [1.54, 1.807) is 0 Å². The number of halogens is 1. The molecule has 0 aromatic heterocycles. The summed E-state index contributed by atoms with van der Waals surface area (Å²) in [6.45, 7) is 3.73. The van der Waals surface area contributed by atoms with Gasteiger partial charge >= 0.3 is 0 Å². The van der Waals surface area contributed by atoms with Crippen molar-refractivity contribution in [2.75, 3.05) is 19.7 Å². The third-order valence-electron chi connectivity index (χ3n) is 5.18. The molecule has 5 heteroatoms. The quantitative estimate of drug-likeness (QED) is 0.902. The summed E-state index contributed by atoms with van der Waals surface area (Å²) in [4.78, 5) is 14.9. The number of benzene rings is 1. The Kier molecular flexibility index (Phi) is 4.95. The average molecular weight is 337 g/mol. The number of hydrogen-bond donors (Lipinski definition) is 1. The number of morpholine rings is 1. The summed E-state index contributed by atoms with van der Waals surface area (Å²) in [6.07, 6.45) is 3.85. The lowest BCUT2D eigenvalue weighted by Gasteiger charge is -2.42.